The summed E-state index contributed by atoms with van der Waals surface area (Å²) in [5, 5.41) is 0. The van der Waals surface area contributed by atoms with Crippen molar-refractivity contribution in [2.24, 2.45) is 4.99 Å². The van der Waals surface area contributed by atoms with Crippen LogP contribution in [0.15, 0.2) is 71.7 Å². The minimum absolute atomic E-state index is 0.0781. The zero-order chi connectivity index (χ0) is 22.9. The molecule has 0 spiro atoms. The number of hydrogen-bond donors (Lipinski definition) is 0. The number of aryl methyl sites for hydroxylation is 1. The molecule has 0 radical (unpaired) electrons. The third-order valence-electron chi connectivity index (χ3n) is 6.20. The van der Waals surface area contributed by atoms with E-state index < -0.39 is 0 Å². The van der Waals surface area contributed by atoms with Gasteiger partial charge >= 0.3 is 0 Å². The van der Waals surface area contributed by atoms with Gasteiger partial charge in [-0.05, 0) is 71.5 Å². The fraction of sp³-hybridized carbons (Fsp3) is 0.231. The molecule has 7 heteroatoms. The van der Waals surface area contributed by atoms with Gasteiger partial charge in [-0.3, -0.25) is 14.6 Å². The van der Waals surface area contributed by atoms with Gasteiger partial charge in [0, 0.05) is 35.3 Å². The van der Waals surface area contributed by atoms with Crippen LogP contribution in [0.2, 0.25) is 0 Å². The number of hydrogen-bond acceptors (Lipinski definition) is 4. The van der Waals surface area contributed by atoms with Crippen molar-refractivity contribution in [1.82, 2.24) is 4.90 Å². The average Bonchev–Trinajstić information content (AvgIpc) is 3.08. The lowest BCUT2D eigenvalue weighted by atomic mass is 10.1. The number of anilines is 2. The third kappa shape index (κ3) is 4.39. The summed E-state index contributed by atoms with van der Waals surface area (Å²) in [7, 11) is 0. The van der Waals surface area contributed by atoms with E-state index in [9.17, 15) is 9.18 Å². The van der Waals surface area contributed by atoms with Gasteiger partial charge in [0.25, 0.3) is 5.91 Å². The number of para-hydroxylation sites is 2. The second-order valence-corrected chi connectivity index (χ2v) is 9.59. The third-order valence-corrected chi connectivity index (χ3v) is 6.87. The molecule has 0 N–H and O–H groups in total. The fourth-order valence-corrected chi connectivity index (χ4v) is 5.06. The molecule has 5 rings (SSSR count). The van der Waals surface area contributed by atoms with Gasteiger partial charge in [-0.1, -0.05) is 30.3 Å². The van der Waals surface area contributed by atoms with Crippen molar-refractivity contribution in [3.8, 4) is 0 Å². The summed E-state index contributed by atoms with van der Waals surface area (Å²) >= 11 is 2.28. The topological polar surface area (TPSA) is 39.2 Å². The molecule has 0 atom stereocenters. The molecule has 1 amide bonds. The van der Waals surface area contributed by atoms with Gasteiger partial charge in [-0.15, -0.1) is 0 Å². The Labute approximate surface area is 206 Å². The van der Waals surface area contributed by atoms with E-state index in [1.165, 1.54) is 6.07 Å². The SMILES string of the molecule is Cc1cc(I)ccc1N=C1C(=O)N(CN2CCN(c3ccccc3F)CC2)c2ccccc21. The molecule has 0 aromatic heterocycles. The van der Waals surface area contributed by atoms with Crippen LogP contribution in [-0.2, 0) is 4.79 Å². The second kappa shape index (κ2) is 9.23. The highest BCUT2D eigenvalue weighted by molar-refractivity contribution is 14.1. The Balaban J connectivity index is 1.35. The number of rotatable bonds is 4. The van der Waals surface area contributed by atoms with E-state index in [1.54, 1.807) is 6.07 Å². The summed E-state index contributed by atoms with van der Waals surface area (Å²) in [6.45, 7) is 5.44. The van der Waals surface area contributed by atoms with Crippen LogP contribution >= 0.6 is 22.6 Å². The Bertz CT molecular complexity index is 1240. The highest BCUT2D eigenvalue weighted by Crippen LogP contribution is 2.32. The molecule has 2 heterocycles. The number of piperazine rings is 1. The largest absolute Gasteiger partial charge is 0.367 e. The van der Waals surface area contributed by atoms with Crippen molar-refractivity contribution in [1.29, 1.82) is 0 Å². The quantitative estimate of drug-likeness (QED) is 0.427. The van der Waals surface area contributed by atoms with Crippen molar-refractivity contribution in [3.05, 3.63) is 87.2 Å². The molecule has 0 aliphatic carbocycles. The lowest BCUT2D eigenvalue weighted by Gasteiger charge is -2.37. The molecule has 3 aromatic carbocycles. The Morgan fingerprint density at radius 2 is 1.64 bits per heavy atom. The predicted octanol–water partition coefficient (Wildman–Crippen LogP) is 4.99. The van der Waals surface area contributed by atoms with Crippen LogP contribution in [0.3, 0.4) is 0 Å². The van der Waals surface area contributed by atoms with Crippen LogP contribution in [-0.4, -0.2) is 49.4 Å². The Hall–Kier alpha value is -2.78. The summed E-state index contributed by atoms with van der Waals surface area (Å²) in [6, 6.07) is 20.8. The minimum atomic E-state index is -0.193. The minimum Gasteiger partial charge on any atom is -0.367 e. The molecule has 3 aromatic rings. The van der Waals surface area contributed by atoms with Gasteiger partial charge < -0.3 is 4.90 Å². The average molecular weight is 554 g/mol. The number of carbonyl (C=O) groups excluding carboxylic acids is 1. The van der Waals surface area contributed by atoms with Gasteiger partial charge in [-0.2, -0.15) is 0 Å². The number of benzene rings is 3. The van der Waals surface area contributed by atoms with Crippen LogP contribution in [0.4, 0.5) is 21.5 Å². The van der Waals surface area contributed by atoms with Crippen molar-refractivity contribution in [2.75, 3.05) is 42.6 Å². The van der Waals surface area contributed by atoms with Crippen molar-refractivity contribution in [2.45, 2.75) is 6.92 Å². The molecule has 0 bridgehead atoms. The monoisotopic (exact) mass is 554 g/mol. The number of amides is 1. The van der Waals surface area contributed by atoms with E-state index in [0.29, 0.717) is 31.2 Å². The summed E-state index contributed by atoms with van der Waals surface area (Å²) in [6.07, 6.45) is 0. The fourth-order valence-electron chi connectivity index (χ4n) is 4.41. The van der Waals surface area contributed by atoms with Gasteiger partial charge in [0.2, 0.25) is 0 Å². The Kier molecular flexibility index (Phi) is 6.16. The van der Waals surface area contributed by atoms with Crippen molar-refractivity contribution in [3.63, 3.8) is 0 Å². The standard InChI is InChI=1S/C26H24FIN4O/c1-18-16-19(28)10-11-22(18)29-25-20-6-2-4-8-23(20)32(26(25)33)17-30-12-14-31(15-13-30)24-9-5-3-7-21(24)27/h2-11,16H,12-15,17H2,1H3. The van der Waals surface area contributed by atoms with E-state index in [2.05, 4.69) is 38.5 Å². The first-order valence-corrected chi connectivity index (χ1v) is 12.1. The molecule has 2 aliphatic heterocycles. The van der Waals surface area contributed by atoms with Crippen LogP contribution in [0, 0.1) is 16.3 Å². The van der Waals surface area contributed by atoms with Gasteiger partial charge in [0.1, 0.15) is 11.5 Å². The molecule has 33 heavy (non-hydrogen) atoms. The number of carbonyl (C=O) groups is 1. The molecule has 168 valence electrons. The van der Waals surface area contributed by atoms with E-state index in [4.69, 9.17) is 4.99 Å². The normalized spacial score (nSPS) is 17.7. The molecule has 0 saturated carbocycles. The summed E-state index contributed by atoms with van der Waals surface area (Å²) in [4.78, 5) is 24.4. The maximum atomic E-state index is 14.2. The molecule has 0 unspecified atom stereocenters. The zero-order valence-electron chi connectivity index (χ0n) is 18.3. The molecule has 1 fully saturated rings. The summed E-state index contributed by atoms with van der Waals surface area (Å²) < 4.78 is 15.3. The number of nitrogens with zero attached hydrogens (tertiary/aromatic N) is 4. The maximum absolute atomic E-state index is 14.2. The second-order valence-electron chi connectivity index (χ2n) is 8.34. The maximum Gasteiger partial charge on any atom is 0.278 e. The number of halogens is 2. The first-order chi connectivity index (χ1) is 16.0. The summed E-state index contributed by atoms with van der Waals surface area (Å²) in [5.74, 6) is -0.271. The molecule has 2 aliphatic rings. The Morgan fingerprint density at radius 1 is 0.939 bits per heavy atom. The van der Waals surface area contributed by atoms with E-state index in [1.807, 2.05) is 60.4 Å². The molecule has 5 nitrogen and oxygen atoms in total. The molecule has 1 saturated heterocycles. The number of fused-ring (bicyclic) bond motifs is 1. The molecular formula is C26H24FIN4O. The smallest absolute Gasteiger partial charge is 0.278 e. The van der Waals surface area contributed by atoms with Crippen LogP contribution in [0.5, 0.6) is 0 Å². The zero-order valence-corrected chi connectivity index (χ0v) is 20.5. The van der Waals surface area contributed by atoms with Gasteiger partial charge in [-0.25, -0.2) is 9.38 Å². The lowest BCUT2D eigenvalue weighted by molar-refractivity contribution is -0.112. The van der Waals surface area contributed by atoms with Crippen LogP contribution in [0.1, 0.15) is 11.1 Å². The first kappa shape index (κ1) is 22.0. The van der Waals surface area contributed by atoms with E-state index in [0.717, 1.165) is 39.2 Å². The van der Waals surface area contributed by atoms with Crippen LogP contribution in [0.25, 0.3) is 0 Å². The number of aliphatic imine (C=N–C) groups is 1. The van der Waals surface area contributed by atoms with Crippen molar-refractivity contribution >= 4 is 51.3 Å². The Morgan fingerprint density at radius 3 is 2.36 bits per heavy atom. The van der Waals surface area contributed by atoms with Crippen molar-refractivity contribution < 1.29 is 9.18 Å². The highest BCUT2D eigenvalue weighted by atomic mass is 127. The van der Waals surface area contributed by atoms with E-state index in [-0.39, 0.29) is 11.7 Å². The van der Waals surface area contributed by atoms with Crippen LogP contribution < -0.4 is 9.80 Å². The highest BCUT2D eigenvalue weighted by Gasteiger charge is 2.35. The first-order valence-electron chi connectivity index (χ1n) is 11.0. The van der Waals surface area contributed by atoms with Gasteiger partial charge in [0.15, 0.2) is 0 Å². The van der Waals surface area contributed by atoms with Gasteiger partial charge in [0.05, 0.1) is 23.7 Å². The predicted molar refractivity (Wildman–Crippen MR) is 139 cm³/mol. The lowest BCUT2D eigenvalue weighted by Crippen LogP contribution is -2.51. The summed E-state index contributed by atoms with van der Waals surface area (Å²) in [5.41, 5.74) is 4.74. The van der Waals surface area contributed by atoms with E-state index >= 15 is 0 Å². The molecular weight excluding hydrogens is 530 g/mol.